The van der Waals surface area contributed by atoms with Crippen molar-refractivity contribution in [2.45, 2.75) is 13.0 Å². The number of hydrogen-bond donors (Lipinski definition) is 0. The molecule has 0 atom stereocenters. The van der Waals surface area contributed by atoms with E-state index in [2.05, 4.69) is 0 Å². The van der Waals surface area contributed by atoms with Crippen molar-refractivity contribution in [3.63, 3.8) is 0 Å². The Morgan fingerprint density at radius 3 is 2.59 bits per heavy atom. The summed E-state index contributed by atoms with van der Waals surface area (Å²) in [7, 11) is 2.87. The average molecular weight is 372 g/mol. The van der Waals surface area contributed by atoms with Gasteiger partial charge in [-0.05, 0) is 29.8 Å². The highest BCUT2D eigenvalue weighted by Crippen LogP contribution is 2.23. The first-order valence-corrected chi connectivity index (χ1v) is 8.09. The Balaban J connectivity index is 1.73. The van der Waals surface area contributed by atoms with E-state index in [1.54, 1.807) is 24.3 Å². The molecule has 0 radical (unpaired) electrons. The molecule has 0 spiro atoms. The van der Waals surface area contributed by atoms with Crippen molar-refractivity contribution in [3.8, 4) is 11.5 Å². The zero-order valence-electron chi connectivity index (χ0n) is 14.8. The normalized spacial score (nSPS) is 10.6. The molecular weight excluding hydrogens is 355 g/mol. The summed E-state index contributed by atoms with van der Waals surface area (Å²) >= 11 is 0. The van der Waals surface area contributed by atoms with Crippen LogP contribution in [0.1, 0.15) is 11.1 Å². The molecule has 0 fully saturated rings. The summed E-state index contributed by atoms with van der Waals surface area (Å²) in [6.45, 7) is -0.105. The zero-order chi connectivity index (χ0) is 19.4. The van der Waals surface area contributed by atoms with Gasteiger partial charge < -0.3 is 18.6 Å². The zero-order valence-corrected chi connectivity index (χ0v) is 14.8. The maximum absolute atomic E-state index is 13.7. The molecule has 0 saturated carbocycles. The lowest BCUT2D eigenvalue weighted by Gasteiger charge is -2.09. The molecule has 2 aromatic carbocycles. The molecule has 27 heavy (non-hydrogen) atoms. The minimum atomic E-state index is -0.556. The first kappa shape index (κ1) is 18.4. The summed E-state index contributed by atoms with van der Waals surface area (Å²) in [5.74, 6) is -0.454. The summed E-state index contributed by atoms with van der Waals surface area (Å²) in [4.78, 5) is 23.8. The fourth-order valence-electron chi connectivity index (χ4n) is 2.65. The van der Waals surface area contributed by atoms with Gasteiger partial charge in [0.1, 0.15) is 17.9 Å². The van der Waals surface area contributed by atoms with Crippen molar-refractivity contribution < 1.29 is 27.8 Å². The van der Waals surface area contributed by atoms with Crippen molar-refractivity contribution in [1.29, 1.82) is 0 Å². The van der Waals surface area contributed by atoms with Gasteiger partial charge in [-0.1, -0.05) is 6.07 Å². The highest BCUT2D eigenvalue weighted by atomic mass is 19.1. The monoisotopic (exact) mass is 372 g/mol. The summed E-state index contributed by atoms with van der Waals surface area (Å²) in [6.07, 6.45) is -0.103. The number of methoxy groups -OCH3 is 2. The second-order valence-electron chi connectivity index (χ2n) is 5.76. The molecule has 6 nitrogen and oxygen atoms in total. The molecule has 3 rings (SSSR count). The van der Waals surface area contributed by atoms with Crippen LogP contribution in [0.4, 0.5) is 4.39 Å². The van der Waals surface area contributed by atoms with E-state index in [9.17, 15) is 14.0 Å². The summed E-state index contributed by atoms with van der Waals surface area (Å²) in [6, 6.07) is 10.5. The molecule has 0 aliphatic rings. The molecular formula is C20H17FO6. The van der Waals surface area contributed by atoms with Crippen LogP contribution in [-0.2, 0) is 22.6 Å². The third-order valence-corrected chi connectivity index (χ3v) is 3.99. The quantitative estimate of drug-likeness (QED) is 0.488. The first-order chi connectivity index (χ1) is 13.0. The molecule has 1 heterocycles. The second kappa shape index (κ2) is 7.90. The molecule has 3 aromatic rings. The largest absolute Gasteiger partial charge is 0.497 e. The Morgan fingerprint density at radius 2 is 1.89 bits per heavy atom. The van der Waals surface area contributed by atoms with Gasteiger partial charge in [0.15, 0.2) is 11.6 Å². The molecule has 0 aliphatic heterocycles. The van der Waals surface area contributed by atoms with Gasteiger partial charge in [0.25, 0.3) is 0 Å². The van der Waals surface area contributed by atoms with E-state index in [-0.39, 0.29) is 18.8 Å². The minimum absolute atomic E-state index is 0.102. The number of halogens is 1. The van der Waals surface area contributed by atoms with E-state index >= 15 is 0 Å². The minimum Gasteiger partial charge on any atom is -0.497 e. The number of hydrogen-bond acceptors (Lipinski definition) is 6. The van der Waals surface area contributed by atoms with Gasteiger partial charge in [-0.3, -0.25) is 4.79 Å². The molecule has 0 N–H and O–H groups in total. The highest BCUT2D eigenvalue weighted by Gasteiger charge is 2.12. The molecule has 7 heteroatoms. The third kappa shape index (κ3) is 4.25. The van der Waals surface area contributed by atoms with Crippen LogP contribution >= 0.6 is 0 Å². The maximum Gasteiger partial charge on any atom is 0.336 e. The fraction of sp³-hybridized carbons (Fsp3) is 0.200. The van der Waals surface area contributed by atoms with Crippen molar-refractivity contribution >= 4 is 16.9 Å². The van der Waals surface area contributed by atoms with Gasteiger partial charge in [-0.2, -0.15) is 0 Å². The van der Waals surface area contributed by atoms with Gasteiger partial charge in [0.05, 0.1) is 20.6 Å². The van der Waals surface area contributed by atoms with Gasteiger partial charge in [0, 0.05) is 23.1 Å². The topological polar surface area (TPSA) is 75.0 Å². The number of carbonyl (C=O) groups is 1. The maximum atomic E-state index is 13.7. The first-order valence-electron chi connectivity index (χ1n) is 8.09. The van der Waals surface area contributed by atoms with Crippen LogP contribution in [0.5, 0.6) is 11.5 Å². The Morgan fingerprint density at radius 1 is 1.07 bits per heavy atom. The lowest BCUT2D eigenvalue weighted by molar-refractivity contribution is -0.144. The molecule has 0 aliphatic carbocycles. The molecule has 1 aromatic heterocycles. The van der Waals surface area contributed by atoms with Crippen LogP contribution in [0.25, 0.3) is 11.0 Å². The predicted molar refractivity (Wildman–Crippen MR) is 95.5 cm³/mol. The molecule has 0 bridgehead atoms. The van der Waals surface area contributed by atoms with E-state index in [4.69, 9.17) is 18.6 Å². The van der Waals surface area contributed by atoms with Crippen molar-refractivity contribution in [3.05, 3.63) is 69.8 Å². The molecule has 140 valence electrons. The predicted octanol–water partition coefficient (Wildman–Crippen LogP) is 3.24. The summed E-state index contributed by atoms with van der Waals surface area (Å²) < 4.78 is 34.0. The molecule has 0 unspecified atom stereocenters. The lowest BCUT2D eigenvalue weighted by Crippen LogP contribution is -2.10. The number of ether oxygens (including phenoxy) is 3. The number of rotatable bonds is 6. The van der Waals surface area contributed by atoms with E-state index in [1.807, 2.05) is 0 Å². The number of esters is 1. The molecule has 0 saturated heterocycles. The van der Waals surface area contributed by atoms with E-state index in [1.165, 1.54) is 32.4 Å². The standard InChI is InChI=1S/C20H17FO6/c1-24-14-4-5-15-13(9-20(23)27-18(15)10-14)11-26-19(22)8-12-3-6-17(25-2)16(21)7-12/h3-7,9-10H,8,11H2,1-2H3. The van der Waals surface area contributed by atoms with Crippen LogP contribution in [0, 0.1) is 5.82 Å². The summed E-state index contributed by atoms with van der Waals surface area (Å²) in [5.41, 5.74) is 0.753. The highest BCUT2D eigenvalue weighted by molar-refractivity contribution is 5.82. The second-order valence-corrected chi connectivity index (χ2v) is 5.76. The third-order valence-electron chi connectivity index (χ3n) is 3.99. The van der Waals surface area contributed by atoms with Gasteiger partial charge in [0.2, 0.25) is 0 Å². The summed E-state index contributed by atoms with van der Waals surface area (Å²) in [5, 5.41) is 0.638. The Labute approximate surface area is 154 Å². The van der Waals surface area contributed by atoms with E-state index in [0.29, 0.717) is 27.8 Å². The Kier molecular flexibility index (Phi) is 5.40. The Bertz CT molecular complexity index is 1040. The van der Waals surface area contributed by atoms with Gasteiger partial charge in [-0.15, -0.1) is 0 Å². The van der Waals surface area contributed by atoms with E-state index in [0.717, 1.165) is 0 Å². The van der Waals surface area contributed by atoms with Crippen molar-refractivity contribution in [2.24, 2.45) is 0 Å². The number of benzene rings is 2. The Hall–Kier alpha value is -3.35. The van der Waals surface area contributed by atoms with Crippen LogP contribution in [0.3, 0.4) is 0 Å². The lowest BCUT2D eigenvalue weighted by atomic mass is 10.1. The van der Waals surface area contributed by atoms with Crippen molar-refractivity contribution in [2.75, 3.05) is 14.2 Å². The van der Waals surface area contributed by atoms with Gasteiger partial charge >= 0.3 is 11.6 Å². The fourth-order valence-corrected chi connectivity index (χ4v) is 2.65. The average Bonchev–Trinajstić information content (AvgIpc) is 2.65. The van der Waals surface area contributed by atoms with Crippen LogP contribution in [-0.4, -0.2) is 20.2 Å². The van der Waals surface area contributed by atoms with E-state index < -0.39 is 17.4 Å². The van der Waals surface area contributed by atoms with Crippen LogP contribution in [0.15, 0.2) is 51.7 Å². The molecule has 0 amide bonds. The van der Waals surface area contributed by atoms with Crippen LogP contribution in [0.2, 0.25) is 0 Å². The number of fused-ring (bicyclic) bond motifs is 1. The van der Waals surface area contributed by atoms with Gasteiger partial charge in [-0.25, -0.2) is 9.18 Å². The van der Waals surface area contributed by atoms with Crippen molar-refractivity contribution in [1.82, 2.24) is 0 Å². The van der Waals surface area contributed by atoms with Crippen LogP contribution < -0.4 is 15.1 Å². The SMILES string of the molecule is COc1ccc2c(COC(=O)Cc3ccc(OC)c(F)c3)cc(=O)oc2c1. The smallest absolute Gasteiger partial charge is 0.336 e. The number of carbonyl (C=O) groups excluding carboxylic acids is 1.